The van der Waals surface area contributed by atoms with Crippen LogP contribution in [0.25, 0.3) is 17.6 Å². The van der Waals surface area contributed by atoms with Crippen LogP contribution in [0.5, 0.6) is 17.2 Å². The number of fused-ring (bicyclic) bond motifs is 6. The second-order valence-electron chi connectivity index (χ2n) is 19.4. The molecule has 6 aliphatic rings. The van der Waals surface area contributed by atoms with Gasteiger partial charge < -0.3 is 38.8 Å². The lowest BCUT2D eigenvalue weighted by molar-refractivity contribution is -0.176. The number of carbonyl (C=O) groups excluding carboxylic acids is 3. The van der Waals surface area contributed by atoms with E-state index in [9.17, 15) is 14.7 Å². The highest BCUT2D eigenvalue weighted by Crippen LogP contribution is 2.71. The van der Waals surface area contributed by atoms with Crippen molar-refractivity contribution in [2.75, 3.05) is 33.4 Å². The Morgan fingerprint density at radius 3 is 2.33 bits per heavy atom. The molecule has 2 N–H and O–H groups in total. The number of ketones is 2. The molecule has 4 aliphatic heterocycles. The summed E-state index contributed by atoms with van der Waals surface area (Å²) in [6.45, 7) is 20.9. The summed E-state index contributed by atoms with van der Waals surface area (Å²) in [4.78, 5) is 43.6. The second-order valence-corrected chi connectivity index (χ2v) is 19.4. The van der Waals surface area contributed by atoms with Gasteiger partial charge in [0, 0.05) is 65.1 Å². The maximum atomic E-state index is 15.9. The predicted molar refractivity (Wildman–Crippen MR) is 246 cm³/mol. The number of allylic oxidation sites excluding steroid dienone is 5. The lowest BCUT2D eigenvalue weighted by Crippen LogP contribution is -2.70. The van der Waals surface area contributed by atoms with Gasteiger partial charge in [-0.1, -0.05) is 67.5 Å². The molecule has 0 bridgehead atoms. The third-order valence-corrected chi connectivity index (χ3v) is 14.2. The largest absolute Gasteiger partial charge is 0.491 e. The van der Waals surface area contributed by atoms with Crippen molar-refractivity contribution in [1.29, 1.82) is 0 Å². The molecule has 0 amide bonds. The molecule has 11 heteroatoms. The van der Waals surface area contributed by atoms with Gasteiger partial charge in [0.1, 0.15) is 46.5 Å². The van der Waals surface area contributed by atoms with Gasteiger partial charge in [-0.05, 0) is 86.8 Å². The van der Waals surface area contributed by atoms with E-state index in [0.29, 0.717) is 88.1 Å². The SMILES string of the molecule is COC(=O)/C(C)=C\CC12OC(C)(C)C(C)C13Oc1c(CC=C(C)C)c4c(c(OCCNCCO)c1C1=C3C(C3=C(O1)c1ccccc1C3=O)C(C)C2=O)C=CC(C)(CCC=C(C)C)O4. The Labute approximate surface area is 377 Å². The van der Waals surface area contributed by atoms with Crippen LogP contribution >= 0.6 is 0 Å². The molecule has 1 saturated carbocycles. The van der Waals surface area contributed by atoms with E-state index in [2.05, 4.69) is 64.2 Å². The van der Waals surface area contributed by atoms with Gasteiger partial charge in [-0.2, -0.15) is 0 Å². The van der Waals surface area contributed by atoms with Crippen LogP contribution in [0.15, 0.2) is 76.4 Å². The van der Waals surface area contributed by atoms with Crippen LogP contribution in [-0.2, 0) is 30.2 Å². The van der Waals surface area contributed by atoms with E-state index in [1.807, 2.05) is 52.0 Å². The van der Waals surface area contributed by atoms with Crippen LogP contribution in [0.2, 0.25) is 0 Å². The smallest absolute Gasteiger partial charge is 0.333 e. The van der Waals surface area contributed by atoms with E-state index in [1.165, 1.54) is 12.7 Å². The zero-order valence-electron chi connectivity index (χ0n) is 39.2. The first kappa shape index (κ1) is 45.3. The van der Waals surface area contributed by atoms with Crippen molar-refractivity contribution in [2.45, 2.75) is 117 Å². The second kappa shape index (κ2) is 16.6. The van der Waals surface area contributed by atoms with Gasteiger partial charge in [0.15, 0.2) is 22.8 Å². The number of rotatable bonds is 14. The molecule has 0 aromatic heterocycles. The van der Waals surface area contributed by atoms with Crippen LogP contribution < -0.4 is 19.5 Å². The van der Waals surface area contributed by atoms with Crippen LogP contribution in [0.1, 0.15) is 121 Å². The number of methoxy groups -OCH3 is 1. The molecule has 6 unspecified atom stereocenters. The van der Waals surface area contributed by atoms with E-state index in [1.54, 1.807) is 13.0 Å². The maximum absolute atomic E-state index is 15.9. The number of hydrogen-bond acceptors (Lipinski definition) is 11. The monoisotopic (exact) mass is 873 g/mol. The molecule has 1 spiro atoms. The Bertz CT molecular complexity index is 2510. The van der Waals surface area contributed by atoms with Crippen molar-refractivity contribution < 1.29 is 47.9 Å². The van der Waals surface area contributed by atoms with E-state index in [4.69, 9.17) is 28.4 Å². The van der Waals surface area contributed by atoms with Crippen molar-refractivity contribution in [3.05, 3.63) is 104 Å². The van der Waals surface area contributed by atoms with Crippen LogP contribution in [0.4, 0.5) is 0 Å². The number of hydrogen-bond donors (Lipinski definition) is 2. The third kappa shape index (κ3) is 6.92. The molecule has 2 aliphatic carbocycles. The highest BCUT2D eigenvalue weighted by atomic mass is 16.6. The summed E-state index contributed by atoms with van der Waals surface area (Å²) in [7, 11) is 1.33. The number of benzene rings is 2. The van der Waals surface area contributed by atoms with Gasteiger partial charge in [0.25, 0.3) is 0 Å². The Morgan fingerprint density at radius 1 is 0.922 bits per heavy atom. The van der Waals surface area contributed by atoms with Crippen LogP contribution in [0, 0.1) is 17.8 Å². The molecule has 64 heavy (non-hydrogen) atoms. The van der Waals surface area contributed by atoms with Crippen LogP contribution in [-0.4, -0.2) is 78.5 Å². The molecule has 2 aromatic rings. The summed E-state index contributed by atoms with van der Waals surface area (Å²) in [5.74, 6) is -0.543. The number of carbonyl (C=O) groups is 3. The average molecular weight is 874 g/mol. The summed E-state index contributed by atoms with van der Waals surface area (Å²) in [5.41, 5.74) is 2.06. The molecule has 2 fully saturated rings. The van der Waals surface area contributed by atoms with Gasteiger partial charge in [-0.15, -0.1) is 0 Å². The first-order valence-electron chi connectivity index (χ1n) is 22.7. The fourth-order valence-corrected chi connectivity index (χ4v) is 10.8. The third-order valence-electron chi connectivity index (χ3n) is 14.2. The molecule has 0 radical (unpaired) electrons. The van der Waals surface area contributed by atoms with Gasteiger partial charge in [0.2, 0.25) is 0 Å². The molecular formula is C53H63NO10. The van der Waals surface area contributed by atoms with E-state index in [0.717, 1.165) is 23.1 Å². The Morgan fingerprint density at radius 2 is 1.64 bits per heavy atom. The first-order valence-corrected chi connectivity index (χ1v) is 22.7. The Balaban J connectivity index is 1.48. The number of aliphatic hydroxyl groups is 1. The quantitative estimate of drug-likeness (QED) is 0.0814. The lowest BCUT2D eigenvalue weighted by Gasteiger charge is -2.57. The first-order chi connectivity index (χ1) is 30.4. The molecule has 8 rings (SSSR count). The molecular weight excluding hydrogens is 811 g/mol. The van der Waals surface area contributed by atoms with Gasteiger partial charge in [-0.25, -0.2) is 4.79 Å². The lowest BCUT2D eigenvalue weighted by atomic mass is 9.52. The summed E-state index contributed by atoms with van der Waals surface area (Å²) in [5, 5.41) is 12.8. The standard InChI is InChI=1S/C53H63NO10/c1-29(2)15-14-22-51(10)23-21-37-43(62-51)36(19-18-30(3)4)46-40(44(37)60-28-26-54-25-27-55)47-41-38(39-42(56)34-16-12-13-17-35(34)45(39)61-47)32(6)48(57)52(24-20-31(5)49(58)59-11)53(41,63-46)33(7)50(8,9)64-52/h12-13,15-18,20-21,23,32-33,38,54-55H,14,19,22,24-28H2,1-11H3/b31-20-. The zero-order chi connectivity index (χ0) is 46.1. The van der Waals surface area contributed by atoms with Crippen molar-refractivity contribution in [2.24, 2.45) is 17.8 Å². The molecule has 6 atom stereocenters. The van der Waals surface area contributed by atoms with Gasteiger partial charge in [-0.3, -0.25) is 9.59 Å². The van der Waals surface area contributed by atoms with Crippen molar-refractivity contribution in [3.8, 4) is 17.2 Å². The Kier molecular flexibility index (Phi) is 11.8. The summed E-state index contributed by atoms with van der Waals surface area (Å²) in [6.07, 6.45) is 12.2. The van der Waals surface area contributed by atoms with Crippen LogP contribution in [0.3, 0.4) is 0 Å². The fourth-order valence-electron chi connectivity index (χ4n) is 10.8. The summed E-state index contributed by atoms with van der Waals surface area (Å²) in [6, 6.07) is 7.43. The summed E-state index contributed by atoms with van der Waals surface area (Å²) < 4.78 is 41.7. The van der Waals surface area contributed by atoms with E-state index < -0.39 is 46.1 Å². The number of nitrogens with one attached hydrogen (secondary N) is 1. The van der Waals surface area contributed by atoms with E-state index >= 15 is 4.79 Å². The molecule has 2 aromatic carbocycles. The highest BCUT2D eigenvalue weighted by molar-refractivity contribution is 6.22. The number of Topliss-reactive ketones (excluding diaryl/α,β-unsaturated/α-hetero) is 2. The minimum Gasteiger partial charge on any atom is -0.491 e. The van der Waals surface area contributed by atoms with Gasteiger partial charge in [0.05, 0.1) is 30.5 Å². The Hall–Kier alpha value is -5.23. The maximum Gasteiger partial charge on any atom is 0.333 e. The van der Waals surface area contributed by atoms with Crippen molar-refractivity contribution in [1.82, 2.24) is 5.32 Å². The fraction of sp³-hybridized carbons (Fsp3) is 0.491. The highest BCUT2D eigenvalue weighted by Gasteiger charge is 2.79. The predicted octanol–water partition coefficient (Wildman–Crippen LogP) is 9.07. The zero-order valence-corrected chi connectivity index (χ0v) is 39.2. The van der Waals surface area contributed by atoms with Crippen molar-refractivity contribution >= 4 is 35.1 Å². The van der Waals surface area contributed by atoms with E-state index in [-0.39, 0.29) is 31.2 Å². The summed E-state index contributed by atoms with van der Waals surface area (Å²) >= 11 is 0. The molecule has 1 saturated heterocycles. The molecule has 4 heterocycles. The minimum atomic E-state index is -1.69. The topological polar surface area (TPSA) is 139 Å². The number of ether oxygens (including phenoxy) is 6. The number of esters is 1. The average Bonchev–Trinajstić information content (AvgIpc) is 3.63. The molecule has 340 valence electrons. The normalized spacial score (nSPS) is 27.8. The molecule has 11 nitrogen and oxygen atoms in total. The minimum absolute atomic E-state index is 0.0143. The van der Waals surface area contributed by atoms with Gasteiger partial charge >= 0.3 is 5.97 Å². The van der Waals surface area contributed by atoms with Crippen molar-refractivity contribution in [3.63, 3.8) is 0 Å². The number of aliphatic hydroxyl groups excluding tert-OH is 1.